The predicted octanol–water partition coefficient (Wildman–Crippen LogP) is 1.47. The lowest BCUT2D eigenvalue weighted by Gasteiger charge is -2.09. The summed E-state index contributed by atoms with van der Waals surface area (Å²) in [5, 5.41) is 11.9. The highest BCUT2D eigenvalue weighted by atomic mass is 32.2. The second-order valence-corrected chi connectivity index (χ2v) is 5.80. The molecule has 1 aromatic carbocycles. The van der Waals surface area contributed by atoms with Gasteiger partial charge in [0, 0.05) is 6.42 Å². The fraction of sp³-hybridized carbons (Fsp3) is 0.385. The van der Waals surface area contributed by atoms with Crippen LogP contribution < -0.4 is 4.74 Å². The van der Waals surface area contributed by atoms with E-state index < -0.39 is 0 Å². The summed E-state index contributed by atoms with van der Waals surface area (Å²) in [4.78, 5) is 11.7. The highest BCUT2D eigenvalue weighted by Crippen LogP contribution is 2.33. The van der Waals surface area contributed by atoms with Crippen molar-refractivity contribution in [1.82, 2.24) is 20.2 Å². The monoisotopic (exact) mass is 306 g/mol. The molecule has 2 aromatic rings. The summed E-state index contributed by atoms with van der Waals surface area (Å²) in [6.07, 6.45) is 0.591. The average Bonchev–Trinajstić information content (AvgIpc) is 3.06. The molecule has 0 N–H and O–H groups in total. The summed E-state index contributed by atoms with van der Waals surface area (Å²) >= 11 is 1.31. The lowest BCUT2D eigenvalue weighted by Crippen LogP contribution is -2.11. The quantitative estimate of drug-likeness (QED) is 0.791. The standard InChI is InChI=1S/C13H14N4O3S/c1-8-7-11(12(18)20-8)21-13-14-15-16-17(13)9-5-3-4-6-10(9)19-2/h3-6,8,11H,7H2,1-2H3/t8-,11-/m1/s1. The van der Waals surface area contributed by atoms with Gasteiger partial charge in [0.25, 0.3) is 0 Å². The Labute approximate surface area is 125 Å². The molecule has 2 heterocycles. The Kier molecular flexibility index (Phi) is 3.78. The van der Waals surface area contributed by atoms with Gasteiger partial charge in [-0.1, -0.05) is 23.9 Å². The molecule has 0 unspecified atom stereocenters. The first-order valence-corrected chi connectivity index (χ1v) is 7.36. The first kappa shape index (κ1) is 13.9. The molecule has 1 aliphatic rings. The van der Waals surface area contributed by atoms with Crippen LogP contribution >= 0.6 is 11.8 Å². The van der Waals surface area contributed by atoms with E-state index >= 15 is 0 Å². The van der Waals surface area contributed by atoms with Crippen LogP contribution in [0.2, 0.25) is 0 Å². The van der Waals surface area contributed by atoms with Gasteiger partial charge in [-0.25, -0.2) is 0 Å². The van der Waals surface area contributed by atoms with Crippen molar-refractivity contribution in [2.75, 3.05) is 7.11 Å². The molecule has 0 aliphatic carbocycles. The SMILES string of the molecule is COc1ccccc1-n1nnnc1S[C@@H]1C[C@@H](C)OC1=O. The number of para-hydroxylation sites is 2. The Morgan fingerprint density at radius 1 is 1.43 bits per heavy atom. The molecule has 1 saturated heterocycles. The molecule has 0 saturated carbocycles. The molecule has 110 valence electrons. The maximum Gasteiger partial charge on any atom is 0.319 e. The topological polar surface area (TPSA) is 79.1 Å². The van der Waals surface area contributed by atoms with Gasteiger partial charge in [-0.05, 0) is 29.5 Å². The Morgan fingerprint density at radius 2 is 2.24 bits per heavy atom. The van der Waals surface area contributed by atoms with Crippen molar-refractivity contribution in [3.05, 3.63) is 24.3 Å². The molecule has 1 aromatic heterocycles. The third-order valence-corrected chi connectivity index (χ3v) is 4.26. The Hall–Kier alpha value is -2.09. The number of esters is 1. The fourth-order valence-electron chi connectivity index (χ4n) is 2.15. The third-order valence-electron chi connectivity index (χ3n) is 3.13. The van der Waals surface area contributed by atoms with Gasteiger partial charge < -0.3 is 9.47 Å². The zero-order valence-corrected chi connectivity index (χ0v) is 12.4. The molecule has 3 rings (SSSR count). The molecule has 0 radical (unpaired) electrons. The number of carbonyl (C=O) groups is 1. The van der Waals surface area contributed by atoms with Crippen LogP contribution in [0.4, 0.5) is 0 Å². The van der Waals surface area contributed by atoms with Crippen LogP contribution in [0, 0.1) is 0 Å². The number of hydrogen-bond acceptors (Lipinski definition) is 7. The van der Waals surface area contributed by atoms with E-state index in [0.29, 0.717) is 17.3 Å². The second kappa shape index (κ2) is 5.72. The van der Waals surface area contributed by atoms with E-state index in [0.717, 1.165) is 5.69 Å². The van der Waals surface area contributed by atoms with Gasteiger partial charge in [0.15, 0.2) is 0 Å². The molecule has 0 bridgehead atoms. The van der Waals surface area contributed by atoms with Crippen LogP contribution in [0.5, 0.6) is 5.75 Å². The second-order valence-electron chi connectivity index (χ2n) is 4.63. The van der Waals surface area contributed by atoms with Crippen LogP contribution in [0.3, 0.4) is 0 Å². The molecule has 2 atom stereocenters. The smallest absolute Gasteiger partial charge is 0.319 e. The average molecular weight is 306 g/mol. The normalized spacial score (nSPS) is 21.3. The molecule has 0 spiro atoms. The highest BCUT2D eigenvalue weighted by Gasteiger charge is 2.34. The number of hydrogen-bond donors (Lipinski definition) is 0. The fourth-order valence-corrected chi connectivity index (χ4v) is 3.24. The van der Waals surface area contributed by atoms with E-state index in [2.05, 4.69) is 15.5 Å². The van der Waals surface area contributed by atoms with Crippen molar-refractivity contribution >= 4 is 17.7 Å². The van der Waals surface area contributed by atoms with Crippen molar-refractivity contribution in [3.63, 3.8) is 0 Å². The third kappa shape index (κ3) is 2.71. The van der Waals surface area contributed by atoms with Gasteiger partial charge in [-0.2, -0.15) is 4.68 Å². The summed E-state index contributed by atoms with van der Waals surface area (Å²) in [5.74, 6) is 0.441. The summed E-state index contributed by atoms with van der Waals surface area (Å²) in [7, 11) is 1.59. The Morgan fingerprint density at radius 3 is 2.95 bits per heavy atom. The summed E-state index contributed by atoms with van der Waals surface area (Å²) in [6, 6.07) is 7.43. The largest absolute Gasteiger partial charge is 0.494 e. The summed E-state index contributed by atoms with van der Waals surface area (Å²) in [6.45, 7) is 1.88. The van der Waals surface area contributed by atoms with Gasteiger partial charge in [-0.15, -0.1) is 5.10 Å². The zero-order chi connectivity index (χ0) is 14.8. The maximum atomic E-state index is 11.7. The Bertz CT molecular complexity index is 660. The molecule has 8 heteroatoms. The van der Waals surface area contributed by atoms with Gasteiger partial charge in [0.05, 0.1) is 7.11 Å². The molecular formula is C13H14N4O3S. The van der Waals surface area contributed by atoms with E-state index in [1.165, 1.54) is 11.8 Å². The molecule has 7 nitrogen and oxygen atoms in total. The van der Waals surface area contributed by atoms with E-state index in [1.807, 2.05) is 31.2 Å². The van der Waals surface area contributed by atoms with E-state index in [4.69, 9.17) is 9.47 Å². The van der Waals surface area contributed by atoms with Crippen LogP contribution in [-0.4, -0.2) is 44.6 Å². The van der Waals surface area contributed by atoms with Crippen LogP contribution in [0.25, 0.3) is 5.69 Å². The van der Waals surface area contributed by atoms with Crippen molar-refractivity contribution in [1.29, 1.82) is 0 Å². The minimum atomic E-state index is -0.278. The molecule has 0 amide bonds. The number of cyclic esters (lactones) is 1. The minimum Gasteiger partial charge on any atom is -0.494 e. The number of rotatable bonds is 4. The van der Waals surface area contributed by atoms with E-state index in [1.54, 1.807) is 11.8 Å². The lowest BCUT2D eigenvalue weighted by atomic mass is 10.3. The first-order valence-electron chi connectivity index (χ1n) is 6.48. The van der Waals surface area contributed by atoms with Gasteiger partial charge in [0.1, 0.15) is 22.8 Å². The number of benzene rings is 1. The zero-order valence-electron chi connectivity index (χ0n) is 11.6. The number of tetrazole rings is 1. The summed E-state index contributed by atoms with van der Waals surface area (Å²) in [5.41, 5.74) is 0.729. The number of ether oxygens (including phenoxy) is 2. The van der Waals surface area contributed by atoms with Crippen LogP contribution in [-0.2, 0) is 9.53 Å². The van der Waals surface area contributed by atoms with Gasteiger partial charge in [-0.3, -0.25) is 4.79 Å². The lowest BCUT2D eigenvalue weighted by molar-refractivity contribution is -0.140. The molecular weight excluding hydrogens is 292 g/mol. The number of carbonyl (C=O) groups excluding carboxylic acids is 1. The Balaban J connectivity index is 1.89. The van der Waals surface area contributed by atoms with Crippen molar-refractivity contribution in [2.45, 2.75) is 29.9 Å². The number of thioether (sulfide) groups is 1. The summed E-state index contributed by atoms with van der Waals surface area (Å²) < 4.78 is 12.0. The van der Waals surface area contributed by atoms with Gasteiger partial charge in [0.2, 0.25) is 5.16 Å². The van der Waals surface area contributed by atoms with Crippen molar-refractivity contribution in [2.24, 2.45) is 0 Å². The van der Waals surface area contributed by atoms with Crippen LogP contribution in [0.15, 0.2) is 29.4 Å². The number of nitrogens with zero attached hydrogens (tertiary/aromatic N) is 4. The van der Waals surface area contributed by atoms with Crippen molar-refractivity contribution in [3.8, 4) is 11.4 Å². The van der Waals surface area contributed by atoms with Crippen LogP contribution in [0.1, 0.15) is 13.3 Å². The highest BCUT2D eigenvalue weighted by molar-refractivity contribution is 8.00. The maximum absolute atomic E-state index is 11.7. The number of methoxy groups -OCH3 is 1. The molecule has 1 fully saturated rings. The van der Waals surface area contributed by atoms with E-state index in [-0.39, 0.29) is 17.3 Å². The van der Waals surface area contributed by atoms with E-state index in [9.17, 15) is 4.79 Å². The molecule has 21 heavy (non-hydrogen) atoms. The molecule has 1 aliphatic heterocycles. The minimum absolute atomic E-state index is 0.0643. The first-order chi connectivity index (χ1) is 10.2. The predicted molar refractivity (Wildman–Crippen MR) is 75.5 cm³/mol. The number of aromatic nitrogens is 4. The van der Waals surface area contributed by atoms with Gasteiger partial charge >= 0.3 is 5.97 Å². The van der Waals surface area contributed by atoms with Crippen molar-refractivity contribution < 1.29 is 14.3 Å².